The lowest BCUT2D eigenvalue weighted by atomic mass is 10.0. The van der Waals surface area contributed by atoms with Gasteiger partial charge in [0.05, 0.1) is 5.60 Å². The van der Waals surface area contributed by atoms with Gasteiger partial charge >= 0.3 is 0 Å². The van der Waals surface area contributed by atoms with Gasteiger partial charge in [-0.05, 0) is 31.9 Å². The zero-order valence-corrected chi connectivity index (χ0v) is 10.6. The van der Waals surface area contributed by atoms with E-state index in [1.165, 1.54) is 11.3 Å². The summed E-state index contributed by atoms with van der Waals surface area (Å²) in [4.78, 5) is 2.09. The zero-order valence-electron chi connectivity index (χ0n) is 10.6. The third kappa shape index (κ3) is 4.07. The molecule has 0 bridgehead atoms. The standard InChI is InChI=1S/C14H21NO/c1-14(2,16)11-7-9-12-8-5-6-10-13(12)15(3)4/h5-10,16H,11H2,1-4H3/b9-7-. The summed E-state index contributed by atoms with van der Waals surface area (Å²) in [5, 5.41) is 9.61. The van der Waals surface area contributed by atoms with Crippen LogP contribution in [-0.2, 0) is 0 Å². The molecule has 0 aromatic heterocycles. The van der Waals surface area contributed by atoms with E-state index in [-0.39, 0.29) is 0 Å². The lowest BCUT2D eigenvalue weighted by Crippen LogP contribution is -2.16. The van der Waals surface area contributed by atoms with Crippen molar-refractivity contribution in [3.8, 4) is 0 Å². The zero-order chi connectivity index (χ0) is 12.2. The summed E-state index contributed by atoms with van der Waals surface area (Å²) in [5.41, 5.74) is 1.73. The molecule has 0 saturated carbocycles. The van der Waals surface area contributed by atoms with Crippen molar-refractivity contribution in [1.82, 2.24) is 0 Å². The van der Waals surface area contributed by atoms with E-state index in [2.05, 4.69) is 23.1 Å². The molecule has 0 heterocycles. The van der Waals surface area contributed by atoms with E-state index < -0.39 is 5.60 Å². The van der Waals surface area contributed by atoms with Gasteiger partial charge < -0.3 is 10.0 Å². The van der Waals surface area contributed by atoms with Crippen LogP contribution >= 0.6 is 0 Å². The fourth-order valence-electron chi connectivity index (χ4n) is 1.51. The molecule has 0 spiro atoms. The van der Waals surface area contributed by atoms with Crippen molar-refractivity contribution in [2.75, 3.05) is 19.0 Å². The van der Waals surface area contributed by atoms with Crippen molar-refractivity contribution >= 4 is 11.8 Å². The van der Waals surface area contributed by atoms with Crippen molar-refractivity contribution in [3.05, 3.63) is 35.9 Å². The predicted octanol–water partition coefficient (Wildman–Crippen LogP) is 2.93. The van der Waals surface area contributed by atoms with Gasteiger partial charge in [0.15, 0.2) is 0 Å². The molecule has 0 aliphatic heterocycles. The van der Waals surface area contributed by atoms with Gasteiger partial charge in [-0.2, -0.15) is 0 Å². The molecule has 2 heteroatoms. The molecular formula is C14H21NO. The summed E-state index contributed by atoms with van der Waals surface area (Å²) in [5.74, 6) is 0. The second-order valence-electron chi connectivity index (χ2n) is 4.87. The number of benzene rings is 1. The Kier molecular flexibility index (Phi) is 4.13. The third-order valence-electron chi connectivity index (χ3n) is 2.33. The second-order valence-corrected chi connectivity index (χ2v) is 4.87. The van der Waals surface area contributed by atoms with Crippen LogP contribution in [0.2, 0.25) is 0 Å². The second kappa shape index (κ2) is 5.17. The van der Waals surface area contributed by atoms with Crippen LogP contribution in [0.25, 0.3) is 6.08 Å². The first-order valence-corrected chi connectivity index (χ1v) is 5.55. The Morgan fingerprint density at radius 1 is 1.25 bits per heavy atom. The Labute approximate surface area is 98.2 Å². The highest BCUT2D eigenvalue weighted by atomic mass is 16.3. The summed E-state index contributed by atoms with van der Waals surface area (Å²) in [6, 6.07) is 8.22. The maximum Gasteiger partial charge on any atom is 0.0626 e. The maximum atomic E-state index is 9.61. The van der Waals surface area contributed by atoms with Crippen molar-refractivity contribution in [2.24, 2.45) is 0 Å². The van der Waals surface area contributed by atoms with Gasteiger partial charge in [-0.15, -0.1) is 0 Å². The van der Waals surface area contributed by atoms with Crippen LogP contribution in [0.5, 0.6) is 0 Å². The van der Waals surface area contributed by atoms with Crippen LogP contribution < -0.4 is 4.90 Å². The highest BCUT2D eigenvalue weighted by molar-refractivity contribution is 5.67. The predicted molar refractivity (Wildman–Crippen MR) is 70.7 cm³/mol. The van der Waals surface area contributed by atoms with Gasteiger partial charge in [-0.1, -0.05) is 30.4 Å². The molecular weight excluding hydrogens is 198 g/mol. The molecule has 0 aliphatic rings. The van der Waals surface area contributed by atoms with Gasteiger partial charge in [0.2, 0.25) is 0 Å². The van der Waals surface area contributed by atoms with Gasteiger partial charge in [-0.3, -0.25) is 0 Å². The third-order valence-corrected chi connectivity index (χ3v) is 2.33. The largest absolute Gasteiger partial charge is 0.390 e. The van der Waals surface area contributed by atoms with Crippen molar-refractivity contribution in [3.63, 3.8) is 0 Å². The smallest absolute Gasteiger partial charge is 0.0626 e. The number of anilines is 1. The fourth-order valence-corrected chi connectivity index (χ4v) is 1.51. The molecule has 0 saturated heterocycles. The highest BCUT2D eigenvalue weighted by Gasteiger charge is 2.09. The molecule has 0 unspecified atom stereocenters. The van der Waals surface area contributed by atoms with Crippen molar-refractivity contribution < 1.29 is 5.11 Å². The summed E-state index contributed by atoms with van der Waals surface area (Å²) in [6.07, 6.45) is 4.74. The van der Waals surface area contributed by atoms with E-state index in [4.69, 9.17) is 0 Å². The van der Waals surface area contributed by atoms with Crippen LogP contribution in [-0.4, -0.2) is 24.8 Å². The van der Waals surface area contributed by atoms with E-state index in [9.17, 15) is 5.11 Å². The Morgan fingerprint density at radius 2 is 1.88 bits per heavy atom. The van der Waals surface area contributed by atoms with E-state index in [0.717, 1.165) is 0 Å². The van der Waals surface area contributed by atoms with Crippen LogP contribution in [0.1, 0.15) is 25.8 Å². The summed E-state index contributed by atoms with van der Waals surface area (Å²) in [6.45, 7) is 3.63. The summed E-state index contributed by atoms with van der Waals surface area (Å²) < 4.78 is 0. The molecule has 0 amide bonds. The lowest BCUT2D eigenvalue weighted by molar-refractivity contribution is 0.0841. The molecule has 2 nitrogen and oxygen atoms in total. The monoisotopic (exact) mass is 219 g/mol. The van der Waals surface area contributed by atoms with E-state index in [1.807, 2.05) is 46.2 Å². The number of hydrogen-bond donors (Lipinski definition) is 1. The Hall–Kier alpha value is -1.28. The van der Waals surface area contributed by atoms with Crippen LogP contribution in [0.4, 0.5) is 5.69 Å². The lowest BCUT2D eigenvalue weighted by Gasteiger charge is -2.16. The molecule has 0 fully saturated rings. The minimum Gasteiger partial charge on any atom is -0.390 e. The molecule has 0 atom stereocenters. The van der Waals surface area contributed by atoms with E-state index in [1.54, 1.807) is 0 Å². The minimum absolute atomic E-state index is 0.635. The molecule has 1 N–H and O–H groups in total. The molecule has 0 radical (unpaired) electrons. The first kappa shape index (κ1) is 12.8. The maximum absolute atomic E-state index is 9.61. The average molecular weight is 219 g/mol. The Morgan fingerprint density at radius 3 is 2.44 bits per heavy atom. The average Bonchev–Trinajstić information content (AvgIpc) is 2.16. The number of rotatable bonds is 4. The minimum atomic E-state index is -0.635. The van der Waals surface area contributed by atoms with Crippen LogP contribution in [0.3, 0.4) is 0 Å². The molecule has 16 heavy (non-hydrogen) atoms. The highest BCUT2D eigenvalue weighted by Crippen LogP contribution is 2.20. The quantitative estimate of drug-likeness (QED) is 0.841. The first-order chi connectivity index (χ1) is 7.40. The van der Waals surface area contributed by atoms with Gasteiger partial charge in [0.1, 0.15) is 0 Å². The van der Waals surface area contributed by atoms with Gasteiger partial charge in [-0.25, -0.2) is 0 Å². The molecule has 88 valence electrons. The fraction of sp³-hybridized carbons (Fsp3) is 0.429. The van der Waals surface area contributed by atoms with Crippen molar-refractivity contribution in [2.45, 2.75) is 25.9 Å². The molecule has 1 aromatic carbocycles. The first-order valence-electron chi connectivity index (χ1n) is 5.55. The Balaban J connectivity index is 2.81. The normalized spacial score (nSPS) is 12.1. The SMILES string of the molecule is CN(C)c1ccccc1/C=C\CC(C)(C)O. The van der Waals surface area contributed by atoms with Crippen LogP contribution in [0, 0.1) is 0 Å². The Bertz CT molecular complexity index is 361. The summed E-state index contributed by atoms with van der Waals surface area (Å²) >= 11 is 0. The number of hydrogen-bond acceptors (Lipinski definition) is 2. The van der Waals surface area contributed by atoms with Crippen molar-refractivity contribution in [1.29, 1.82) is 0 Å². The van der Waals surface area contributed by atoms with Gasteiger partial charge in [0, 0.05) is 19.8 Å². The molecule has 1 rings (SSSR count). The topological polar surface area (TPSA) is 23.5 Å². The van der Waals surface area contributed by atoms with E-state index in [0.29, 0.717) is 6.42 Å². The summed E-state index contributed by atoms with van der Waals surface area (Å²) in [7, 11) is 4.06. The number of para-hydroxylation sites is 1. The van der Waals surface area contributed by atoms with E-state index >= 15 is 0 Å². The van der Waals surface area contributed by atoms with Crippen LogP contribution in [0.15, 0.2) is 30.3 Å². The van der Waals surface area contributed by atoms with Gasteiger partial charge in [0.25, 0.3) is 0 Å². The molecule has 0 aliphatic carbocycles. The number of aliphatic hydroxyl groups is 1. The molecule has 1 aromatic rings. The number of nitrogens with zero attached hydrogens (tertiary/aromatic N) is 1.